The van der Waals surface area contributed by atoms with Crippen molar-refractivity contribution in [2.75, 3.05) is 0 Å². The molecule has 3 aromatic rings. The molecule has 0 unspecified atom stereocenters. The molecule has 0 spiro atoms. The van der Waals surface area contributed by atoms with Crippen LogP contribution in [0.2, 0.25) is 0 Å². The normalized spacial score (nSPS) is 11.1. The highest BCUT2D eigenvalue weighted by atomic mass is 32.1. The van der Waals surface area contributed by atoms with Crippen molar-refractivity contribution in [3.63, 3.8) is 0 Å². The summed E-state index contributed by atoms with van der Waals surface area (Å²) in [6.07, 6.45) is 6.11. The molecule has 0 radical (unpaired) electrons. The van der Waals surface area contributed by atoms with Crippen LogP contribution >= 0.6 is 11.3 Å². The van der Waals surface area contributed by atoms with Crippen LogP contribution in [0.25, 0.3) is 12.2 Å². The van der Waals surface area contributed by atoms with E-state index in [1.165, 1.54) is 35.6 Å². The zero-order valence-corrected chi connectivity index (χ0v) is 15.7. The minimum Gasteiger partial charge on any atom is -0.507 e. The van der Waals surface area contributed by atoms with Crippen LogP contribution < -0.4 is 4.74 Å². The Balaban J connectivity index is 1.72. The van der Waals surface area contributed by atoms with Gasteiger partial charge in [-0.05, 0) is 72.5 Å². The fourth-order valence-corrected chi connectivity index (χ4v) is 3.23. The lowest BCUT2D eigenvalue weighted by atomic mass is 10.0. The molecule has 3 rings (SSSR count). The highest BCUT2D eigenvalue weighted by Crippen LogP contribution is 2.26. The van der Waals surface area contributed by atoms with Crippen molar-refractivity contribution in [1.29, 1.82) is 0 Å². The van der Waals surface area contributed by atoms with Gasteiger partial charge in [0.15, 0.2) is 0 Å². The third kappa shape index (κ3) is 4.60. The molecule has 27 heavy (non-hydrogen) atoms. The number of ether oxygens (including phenoxy) is 1. The van der Waals surface area contributed by atoms with Crippen LogP contribution in [0, 0.1) is 12.7 Å². The van der Waals surface area contributed by atoms with Gasteiger partial charge in [-0.25, -0.2) is 14.2 Å². The van der Waals surface area contributed by atoms with E-state index in [1.54, 1.807) is 6.20 Å². The maximum absolute atomic E-state index is 12.9. The lowest BCUT2D eigenvalue weighted by Crippen LogP contribution is -2.07. The standard InChI is InChI=1S/C21H18FNO3S/c1-3-15-11-14(10-13(2)19(15)24)4-9-18-12-23-20(27-18)21(25)26-17-7-5-16(22)6-8-17/h4-12,24H,3H2,1-2H3. The first-order valence-corrected chi connectivity index (χ1v) is 9.22. The number of esters is 1. The number of carbonyl (C=O) groups excluding carboxylic acids is 1. The van der Waals surface area contributed by atoms with Crippen LogP contribution in [0.1, 0.15) is 38.3 Å². The molecule has 0 amide bonds. The molecule has 1 N–H and O–H groups in total. The summed E-state index contributed by atoms with van der Waals surface area (Å²) in [4.78, 5) is 17.0. The van der Waals surface area contributed by atoms with Crippen molar-refractivity contribution in [3.8, 4) is 11.5 Å². The molecule has 2 aromatic carbocycles. The van der Waals surface area contributed by atoms with E-state index in [-0.39, 0.29) is 10.8 Å². The van der Waals surface area contributed by atoms with E-state index >= 15 is 0 Å². The molecule has 0 aliphatic heterocycles. The summed E-state index contributed by atoms with van der Waals surface area (Å²) in [6, 6.07) is 9.06. The van der Waals surface area contributed by atoms with Crippen LogP contribution in [-0.2, 0) is 6.42 Å². The lowest BCUT2D eigenvalue weighted by Gasteiger charge is -2.06. The minimum absolute atomic E-state index is 0.218. The Morgan fingerprint density at radius 2 is 2.00 bits per heavy atom. The molecule has 4 nitrogen and oxygen atoms in total. The van der Waals surface area contributed by atoms with E-state index in [0.29, 0.717) is 5.75 Å². The fourth-order valence-electron chi connectivity index (χ4n) is 2.54. The number of hydrogen-bond donors (Lipinski definition) is 1. The van der Waals surface area contributed by atoms with E-state index in [2.05, 4.69) is 4.98 Å². The van der Waals surface area contributed by atoms with Crippen LogP contribution in [0.15, 0.2) is 42.6 Å². The van der Waals surface area contributed by atoms with Crippen molar-refractivity contribution in [1.82, 2.24) is 4.98 Å². The number of aromatic nitrogens is 1. The molecular formula is C21H18FNO3S. The third-order valence-electron chi connectivity index (χ3n) is 3.95. The van der Waals surface area contributed by atoms with Crippen LogP contribution in [0.3, 0.4) is 0 Å². The van der Waals surface area contributed by atoms with Gasteiger partial charge in [-0.1, -0.05) is 13.0 Å². The van der Waals surface area contributed by atoms with E-state index in [4.69, 9.17) is 4.74 Å². The molecule has 0 saturated heterocycles. The topological polar surface area (TPSA) is 59.4 Å². The Hall–Kier alpha value is -2.99. The number of rotatable bonds is 5. The summed E-state index contributed by atoms with van der Waals surface area (Å²) in [6.45, 7) is 3.85. The van der Waals surface area contributed by atoms with Crippen molar-refractivity contribution in [3.05, 3.63) is 75.0 Å². The Bertz CT molecular complexity index is 993. The predicted octanol–water partition coefficient (Wildman–Crippen LogP) is 5.25. The number of carbonyl (C=O) groups is 1. The largest absolute Gasteiger partial charge is 0.507 e. The number of aryl methyl sites for hydroxylation is 2. The first-order valence-electron chi connectivity index (χ1n) is 8.40. The molecule has 1 heterocycles. The van der Waals surface area contributed by atoms with E-state index in [0.717, 1.165) is 28.0 Å². The Labute approximate surface area is 160 Å². The summed E-state index contributed by atoms with van der Waals surface area (Å²) in [7, 11) is 0. The SMILES string of the molecule is CCc1cc(C=Cc2cnc(C(=O)Oc3ccc(F)cc3)s2)cc(C)c1O. The first-order chi connectivity index (χ1) is 13.0. The van der Waals surface area contributed by atoms with Crippen LogP contribution in [0.5, 0.6) is 11.5 Å². The molecule has 0 atom stereocenters. The number of phenols is 1. The number of hydrogen-bond acceptors (Lipinski definition) is 5. The van der Waals surface area contributed by atoms with E-state index in [1.807, 2.05) is 38.1 Å². The maximum atomic E-state index is 12.9. The number of halogens is 1. The molecule has 0 bridgehead atoms. The van der Waals surface area contributed by atoms with Gasteiger partial charge < -0.3 is 9.84 Å². The van der Waals surface area contributed by atoms with Gasteiger partial charge in [0, 0.05) is 11.1 Å². The molecule has 6 heteroatoms. The van der Waals surface area contributed by atoms with Gasteiger partial charge in [-0.15, -0.1) is 11.3 Å². The van der Waals surface area contributed by atoms with Crippen molar-refractivity contribution >= 4 is 29.5 Å². The number of phenolic OH excluding ortho intramolecular Hbond substituents is 1. The number of thiazole rings is 1. The van der Waals surface area contributed by atoms with Crippen molar-refractivity contribution in [2.24, 2.45) is 0 Å². The molecule has 0 saturated carbocycles. The molecule has 138 valence electrons. The molecular weight excluding hydrogens is 365 g/mol. The first kappa shape index (κ1) is 18.8. The minimum atomic E-state index is -0.583. The summed E-state index contributed by atoms with van der Waals surface area (Å²) >= 11 is 1.20. The molecule has 0 fully saturated rings. The van der Waals surface area contributed by atoms with Gasteiger partial charge >= 0.3 is 5.97 Å². The number of aromatic hydroxyl groups is 1. The smallest absolute Gasteiger partial charge is 0.372 e. The van der Waals surface area contributed by atoms with E-state index < -0.39 is 11.8 Å². The fraction of sp³-hybridized carbons (Fsp3) is 0.143. The van der Waals surface area contributed by atoms with Crippen LogP contribution in [0.4, 0.5) is 4.39 Å². The zero-order valence-electron chi connectivity index (χ0n) is 14.9. The van der Waals surface area contributed by atoms with Crippen molar-refractivity contribution in [2.45, 2.75) is 20.3 Å². The summed E-state index contributed by atoms with van der Waals surface area (Å²) < 4.78 is 18.1. The number of benzene rings is 2. The molecule has 1 aromatic heterocycles. The van der Waals surface area contributed by atoms with Crippen molar-refractivity contribution < 1.29 is 19.0 Å². The maximum Gasteiger partial charge on any atom is 0.372 e. The second kappa shape index (κ2) is 8.14. The quantitative estimate of drug-likeness (QED) is 0.483. The summed E-state index contributed by atoms with van der Waals surface area (Å²) in [5, 5.41) is 10.2. The van der Waals surface area contributed by atoms with Gasteiger partial charge in [0.25, 0.3) is 0 Å². The van der Waals surface area contributed by atoms with Gasteiger partial charge in [-0.3, -0.25) is 0 Å². The highest BCUT2D eigenvalue weighted by Gasteiger charge is 2.13. The van der Waals surface area contributed by atoms with Gasteiger partial charge in [0.05, 0.1) is 0 Å². The molecule has 0 aliphatic rings. The second-order valence-corrected chi connectivity index (χ2v) is 7.01. The second-order valence-electron chi connectivity index (χ2n) is 5.94. The average molecular weight is 383 g/mol. The van der Waals surface area contributed by atoms with E-state index in [9.17, 15) is 14.3 Å². The Morgan fingerprint density at radius 1 is 1.26 bits per heavy atom. The number of nitrogens with zero attached hydrogens (tertiary/aromatic N) is 1. The third-order valence-corrected chi connectivity index (χ3v) is 4.89. The summed E-state index contributed by atoms with van der Waals surface area (Å²) in [5.74, 6) is -0.384. The predicted molar refractivity (Wildman–Crippen MR) is 105 cm³/mol. The molecule has 0 aliphatic carbocycles. The van der Waals surface area contributed by atoms with Gasteiger partial charge in [-0.2, -0.15) is 0 Å². The Kier molecular flexibility index (Phi) is 5.66. The Morgan fingerprint density at radius 3 is 2.70 bits per heavy atom. The van der Waals surface area contributed by atoms with Gasteiger partial charge in [0.2, 0.25) is 5.01 Å². The summed E-state index contributed by atoms with van der Waals surface area (Å²) in [5.41, 5.74) is 2.68. The van der Waals surface area contributed by atoms with Crippen LogP contribution in [-0.4, -0.2) is 16.1 Å². The van der Waals surface area contributed by atoms with Gasteiger partial charge in [0.1, 0.15) is 17.3 Å². The zero-order chi connectivity index (χ0) is 19.4. The monoisotopic (exact) mass is 383 g/mol. The lowest BCUT2D eigenvalue weighted by molar-refractivity contribution is 0.0734. The average Bonchev–Trinajstić information content (AvgIpc) is 3.13. The highest BCUT2D eigenvalue weighted by molar-refractivity contribution is 7.14.